The van der Waals surface area contributed by atoms with E-state index in [0.29, 0.717) is 13.2 Å². The summed E-state index contributed by atoms with van der Waals surface area (Å²) in [5.41, 5.74) is 2.22. The van der Waals surface area contributed by atoms with E-state index < -0.39 is 0 Å². The molecule has 1 heterocycles. The van der Waals surface area contributed by atoms with E-state index in [0.717, 1.165) is 18.0 Å². The van der Waals surface area contributed by atoms with Crippen molar-refractivity contribution in [3.05, 3.63) is 23.8 Å². The van der Waals surface area contributed by atoms with Crippen LogP contribution < -0.4 is 9.64 Å². The van der Waals surface area contributed by atoms with Crippen LogP contribution in [0.3, 0.4) is 0 Å². The van der Waals surface area contributed by atoms with E-state index >= 15 is 0 Å². The number of nitriles is 1. The normalized spacial score (nSPS) is 19.8. The van der Waals surface area contributed by atoms with Gasteiger partial charge in [-0.2, -0.15) is 5.26 Å². The maximum absolute atomic E-state index is 8.90. The lowest BCUT2D eigenvalue weighted by atomic mass is 10.1. The molecule has 1 aromatic rings. The molecule has 17 heavy (non-hydrogen) atoms. The smallest absolute Gasteiger partial charge is 0.161 e. The predicted molar refractivity (Wildman–Crippen MR) is 65.3 cm³/mol. The molecule has 0 aliphatic carbocycles. The second-order valence-electron chi connectivity index (χ2n) is 4.11. The Kier molecular flexibility index (Phi) is 3.50. The summed E-state index contributed by atoms with van der Waals surface area (Å²) in [7, 11) is 1.66. The fraction of sp³-hybridized carbons (Fsp3) is 0.462. The molecule has 0 amide bonds. The van der Waals surface area contributed by atoms with Crippen molar-refractivity contribution >= 4 is 5.69 Å². The van der Waals surface area contributed by atoms with E-state index in [9.17, 15) is 0 Å². The third kappa shape index (κ3) is 2.51. The third-order valence-corrected chi connectivity index (χ3v) is 2.89. The Morgan fingerprint density at radius 3 is 3.06 bits per heavy atom. The van der Waals surface area contributed by atoms with Gasteiger partial charge in [0.2, 0.25) is 0 Å². The first-order chi connectivity index (χ1) is 8.24. The molecule has 1 aromatic carbocycles. The minimum Gasteiger partial charge on any atom is -0.495 e. The zero-order valence-corrected chi connectivity index (χ0v) is 10.1. The summed E-state index contributed by atoms with van der Waals surface area (Å²) in [6, 6.07) is 8.21. The molecule has 0 spiro atoms. The van der Waals surface area contributed by atoms with Crippen LogP contribution in [-0.2, 0) is 4.74 Å². The Labute approximate surface area is 101 Å². The highest BCUT2D eigenvalue weighted by molar-refractivity contribution is 5.60. The average molecular weight is 232 g/mol. The second-order valence-corrected chi connectivity index (χ2v) is 4.11. The van der Waals surface area contributed by atoms with Crippen LogP contribution in [0.4, 0.5) is 5.69 Å². The summed E-state index contributed by atoms with van der Waals surface area (Å²) >= 11 is 0. The minimum absolute atomic E-state index is 0.353. The van der Waals surface area contributed by atoms with Gasteiger partial charge in [-0.15, -0.1) is 0 Å². The van der Waals surface area contributed by atoms with Gasteiger partial charge >= 0.3 is 0 Å². The van der Waals surface area contributed by atoms with Gasteiger partial charge < -0.3 is 14.4 Å². The summed E-state index contributed by atoms with van der Waals surface area (Å²) in [5.74, 6) is 0.842. The van der Waals surface area contributed by atoms with Gasteiger partial charge in [0.25, 0.3) is 0 Å². The van der Waals surface area contributed by atoms with E-state index in [4.69, 9.17) is 14.7 Å². The van der Waals surface area contributed by atoms with Gasteiger partial charge in [0, 0.05) is 6.54 Å². The van der Waals surface area contributed by atoms with Gasteiger partial charge in [0.15, 0.2) is 6.10 Å². The maximum Gasteiger partial charge on any atom is 0.161 e. The van der Waals surface area contributed by atoms with Gasteiger partial charge in [-0.3, -0.25) is 0 Å². The Bertz CT molecular complexity index is 440. The molecular weight excluding hydrogens is 216 g/mol. The van der Waals surface area contributed by atoms with Crippen molar-refractivity contribution in [2.45, 2.75) is 13.0 Å². The minimum atomic E-state index is -0.353. The Hall–Kier alpha value is -1.73. The number of hydrogen-bond donors (Lipinski definition) is 0. The number of benzene rings is 1. The predicted octanol–water partition coefficient (Wildman–Crippen LogP) is 1.73. The maximum atomic E-state index is 8.90. The number of aryl methyl sites for hydroxylation is 1. The second kappa shape index (κ2) is 5.07. The number of methoxy groups -OCH3 is 1. The molecule has 4 heteroatoms. The highest BCUT2D eigenvalue weighted by Gasteiger charge is 2.22. The average Bonchev–Trinajstić information content (AvgIpc) is 2.39. The Morgan fingerprint density at radius 2 is 2.35 bits per heavy atom. The lowest BCUT2D eigenvalue weighted by Crippen LogP contribution is -2.42. The van der Waals surface area contributed by atoms with Crippen molar-refractivity contribution in [3.63, 3.8) is 0 Å². The van der Waals surface area contributed by atoms with Crippen molar-refractivity contribution in [2.24, 2.45) is 0 Å². The van der Waals surface area contributed by atoms with E-state index in [1.165, 1.54) is 5.56 Å². The van der Waals surface area contributed by atoms with E-state index in [2.05, 4.69) is 17.0 Å². The first-order valence-electron chi connectivity index (χ1n) is 5.65. The summed E-state index contributed by atoms with van der Waals surface area (Å²) < 4.78 is 10.7. The molecule has 0 aromatic heterocycles. The van der Waals surface area contributed by atoms with Crippen molar-refractivity contribution in [1.82, 2.24) is 0 Å². The van der Waals surface area contributed by atoms with Gasteiger partial charge in [-0.1, -0.05) is 6.07 Å². The number of hydrogen-bond acceptors (Lipinski definition) is 4. The standard InChI is InChI=1S/C13H16N2O2/c1-10-3-4-13(16-2)12(7-10)15-5-6-17-11(8-14)9-15/h3-4,7,11H,5-6,9H2,1-2H3. The first kappa shape index (κ1) is 11.7. The molecule has 4 nitrogen and oxygen atoms in total. The summed E-state index contributed by atoms with van der Waals surface area (Å²) in [4.78, 5) is 2.14. The molecule has 1 fully saturated rings. The van der Waals surface area contributed by atoms with Crippen LogP contribution in [0.25, 0.3) is 0 Å². The molecule has 0 radical (unpaired) electrons. The van der Waals surface area contributed by atoms with Crippen LogP contribution >= 0.6 is 0 Å². The fourth-order valence-corrected chi connectivity index (χ4v) is 1.99. The van der Waals surface area contributed by atoms with Crippen LogP contribution in [0, 0.1) is 18.3 Å². The number of nitrogens with zero attached hydrogens (tertiary/aromatic N) is 2. The van der Waals surface area contributed by atoms with Gasteiger partial charge in [0.1, 0.15) is 5.75 Å². The van der Waals surface area contributed by atoms with Crippen LogP contribution in [0.15, 0.2) is 18.2 Å². The molecule has 1 aliphatic rings. The molecule has 1 atom stereocenters. The highest BCUT2D eigenvalue weighted by Crippen LogP contribution is 2.30. The fourth-order valence-electron chi connectivity index (χ4n) is 1.99. The van der Waals surface area contributed by atoms with Crippen molar-refractivity contribution in [3.8, 4) is 11.8 Å². The zero-order valence-electron chi connectivity index (χ0n) is 10.1. The lowest BCUT2D eigenvalue weighted by molar-refractivity contribution is 0.0763. The summed E-state index contributed by atoms with van der Waals surface area (Å²) in [5, 5.41) is 8.90. The molecule has 90 valence electrons. The molecule has 0 N–H and O–H groups in total. The monoisotopic (exact) mass is 232 g/mol. The topological polar surface area (TPSA) is 45.5 Å². The first-order valence-corrected chi connectivity index (χ1v) is 5.65. The largest absolute Gasteiger partial charge is 0.495 e. The number of morpholine rings is 1. The number of rotatable bonds is 2. The molecule has 1 aliphatic heterocycles. The van der Waals surface area contributed by atoms with Crippen LogP contribution in [0.1, 0.15) is 5.56 Å². The van der Waals surface area contributed by atoms with E-state index in [1.54, 1.807) is 7.11 Å². The molecule has 0 saturated carbocycles. The van der Waals surface area contributed by atoms with E-state index in [-0.39, 0.29) is 6.10 Å². The highest BCUT2D eigenvalue weighted by atomic mass is 16.5. The van der Waals surface area contributed by atoms with Crippen molar-refractivity contribution < 1.29 is 9.47 Å². The van der Waals surface area contributed by atoms with Crippen molar-refractivity contribution in [2.75, 3.05) is 31.7 Å². The Morgan fingerprint density at radius 1 is 1.53 bits per heavy atom. The van der Waals surface area contributed by atoms with Crippen molar-refractivity contribution in [1.29, 1.82) is 5.26 Å². The van der Waals surface area contributed by atoms with Gasteiger partial charge in [-0.25, -0.2) is 0 Å². The third-order valence-electron chi connectivity index (χ3n) is 2.89. The van der Waals surface area contributed by atoms with Crippen LogP contribution in [0.5, 0.6) is 5.75 Å². The summed E-state index contributed by atoms with van der Waals surface area (Å²) in [6.07, 6.45) is -0.353. The zero-order chi connectivity index (χ0) is 12.3. The van der Waals surface area contributed by atoms with Gasteiger partial charge in [0.05, 0.1) is 32.0 Å². The Balaban J connectivity index is 2.26. The van der Waals surface area contributed by atoms with E-state index in [1.807, 2.05) is 19.1 Å². The van der Waals surface area contributed by atoms with Crippen LogP contribution in [-0.4, -0.2) is 32.9 Å². The SMILES string of the molecule is COc1ccc(C)cc1N1CCOC(C#N)C1. The number of anilines is 1. The molecule has 1 unspecified atom stereocenters. The van der Waals surface area contributed by atoms with Crippen LogP contribution in [0.2, 0.25) is 0 Å². The molecule has 0 bridgehead atoms. The van der Waals surface area contributed by atoms with Gasteiger partial charge in [-0.05, 0) is 24.6 Å². The molecular formula is C13H16N2O2. The molecule has 2 rings (SSSR count). The lowest BCUT2D eigenvalue weighted by Gasteiger charge is -2.32. The number of ether oxygens (including phenoxy) is 2. The summed E-state index contributed by atoms with van der Waals surface area (Å²) in [6.45, 7) is 4.01. The quantitative estimate of drug-likeness (QED) is 0.779. The molecule has 1 saturated heterocycles.